The van der Waals surface area contributed by atoms with Gasteiger partial charge >= 0.3 is 0 Å². The summed E-state index contributed by atoms with van der Waals surface area (Å²) in [5.74, 6) is -3.10. The Morgan fingerprint density at radius 2 is 0.957 bits per heavy atom. The Hall–Kier alpha value is -4.52. The van der Waals surface area contributed by atoms with Crippen LogP contribution in [0.25, 0.3) is 0 Å². The van der Waals surface area contributed by atoms with E-state index < -0.39 is 35.4 Å². The smallest absolute Gasteiger partial charge is 0.269 e. The minimum Gasteiger partial charge on any atom is -0.508 e. The normalized spacial score (nSPS) is 16.1. The van der Waals surface area contributed by atoms with Crippen molar-refractivity contribution in [3.8, 4) is 11.5 Å². The second-order valence-corrected chi connectivity index (χ2v) is 12.9. The average molecular weight is 703 g/mol. The molecule has 0 atom stereocenters. The molecule has 240 valence electrons. The third kappa shape index (κ3) is 8.81. The number of benzene rings is 2. The predicted octanol–water partition coefficient (Wildman–Crippen LogP) is 1.81. The van der Waals surface area contributed by atoms with Crippen LogP contribution < -0.4 is 21.7 Å². The molecule has 0 bridgehead atoms. The zero-order valence-corrected chi connectivity index (χ0v) is 27.0. The van der Waals surface area contributed by atoms with Crippen molar-refractivity contribution in [1.82, 2.24) is 31.5 Å². The van der Waals surface area contributed by atoms with Crippen LogP contribution in [-0.2, 0) is 19.2 Å². The molecule has 6 N–H and O–H groups in total. The van der Waals surface area contributed by atoms with Gasteiger partial charge in [0.05, 0.1) is 9.81 Å². The minimum atomic E-state index is -0.568. The Balaban J connectivity index is 1.20. The Morgan fingerprint density at radius 3 is 1.30 bits per heavy atom. The van der Waals surface area contributed by atoms with Gasteiger partial charge in [-0.05, 0) is 61.4 Å². The molecule has 0 aliphatic carbocycles. The fourth-order valence-corrected chi connectivity index (χ4v) is 6.77. The summed E-state index contributed by atoms with van der Waals surface area (Å²) in [5.41, 5.74) is 9.58. The highest BCUT2D eigenvalue weighted by atomic mass is 32.2. The lowest BCUT2D eigenvalue weighted by molar-refractivity contribution is -0.125. The van der Waals surface area contributed by atoms with E-state index in [1.165, 1.54) is 58.3 Å². The van der Waals surface area contributed by atoms with E-state index >= 15 is 0 Å². The highest BCUT2D eigenvalue weighted by Gasteiger charge is 2.41. The molecule has 46 heavy (non-hydrogen) atoms. The first-order valence-electron chi connectivity index (χ1n) is 13.5. The molecular formula is C28H26N6O8S4. The van der Waals surface area contributed by atoms with Crippen LogP contribution in [0.3, 0.4) is 0 Å². The number of phenolic OH excluding ortho intramolecular Hbond substituents is 2. The number of hydrogen-bond acceptors (Lipinski definition) is 12. The predicted molar refractivity (Wildman–Crippen MR) is 177 cm³/mol. The maximum atomic E-state index is 13.1. The molecule has 0 saturated carbocycles. The second-order valence-electron chi connectivity index (χ2n) is 9.61. The van der Waals surface area contributed by atoms with Crippen LogP contribution in [-0.4, -0.2) is 77.2 Å². The number of aromatic hydroxyl groups is 2. The van der Waals surface area contributed by atoms with Crippen molar-refractivity contribution in [2.45, 2.75) is 25.7 Å². The molecule has 0 unspecified atom stereocenters. The lowest BCUT2D eigenvalue weighted by atomic mass is 10.2. The number of phenols is 2. The van der Waals surface area contributed by atoms with Gasteiger partial charge in [0.15, 0.2) is 0 Å². The highest BCUT2D eigenvalue weighted by molar-refractivity contribution is 8.29. The standard InChI is InChI=1S/C28H26N6O8S4/c35-17-9-5-15(6-10-17)23(39)31-29-19(37)3-1-13-33-25(41)21(45-27(33)43)22-26(42)34(28(44)46-22)14-2-4-20(38)30-32-24(40)16-7-11-18(36)12-8-16/h5-12,35-36H,1-4,13-14H2,(H,29,37)(H,30,38)(H,31,39)(H,32,40)/b22-21+. The van der Waals surface area contributed by atoms with Crippen molar-refractivity contribution < 1.29 is 39.0 Å². The zero-order chi connectivity index (χ0) is 33.4. The fraction of sp³-hybridized carbons (Fsp3) is 0.214. The van der Waals surface area contributed by atoms with E-state index in [9.17, 15) is 39.0 Å². The molecule has 2 saturated heterocycles. The maximum Gasteiger partial charge on any atom is 0.269 e. The summed E-state index contributed by atoms with van der Waals surface area (Å²) in [5, 5.41) is 18.6. The molecule has 2 heterocycles. The molecule has 18 heteroatoms. The molecule has 4 rings (SSSR count). The Labute approximate surface area is 281 Å². The Kier molecular flexibility index (Phi) is 11.7. The van der Waals surface area contributed by atoms with Gasteiger partial charge in [-0.2, -0.15) is 0 Å². The molecule has 6 amide bonds. The first-order chi connectivity index (χ1) is 21.9. The molecule has 2 fully saturated rings. The lowest BCUT2D eigenvalue weighted by Crippen LogP contribution is -2.42. The Bertz CT molecular complexity index is 1510. The average Bonchev–Trinajstić information content (AvgIpc) is 3.47. The summed E-state index contributed by atoms with van der Waals surface area (Å²) >= 11 is 12.6. The molecule has 0 spiro atoms. The first kappa shape index (κ1) is 34.4. The van der Waals surface area contributed by atoms with Gasteiger partial charge in [0, 0.05) is 37.1 Å². The number of amides is 6. The summed E-state index contributed by atoms with van der Waals surface area (Å²) in [6, 6.07) is 10.9. The van der Waals surface area contributed by atoms with Crippen molar-refractivity contribution >= 4 is 92.0 Å². The monoisotopic (exact) mass is 702 g/mol. The molecule has 2 aromatic carbocycles. The summed E-state index contributed by atoms with van der Waals surface area (Å²) in [7, 11) is 0. The van der Waals surface area contributed by atoms with Gasteiger partial charge in [0.1, 0.15) is 20.1 Å². The van der Waals surface area contributed by atoms with Crippen LogP contribution in [0.15, 0.2) is 58.3 Å². The lowest BCUT2D eigenvalue weighted by Gasteiger charge is -2.15. The van der Waals surface area contributed by atoms with E-state index in [4.69, 9.17) is 24.4 Å². The van der Waals surface area contributed by atoms with Crippen LogP contribution in [0.2, 0.25) is 0 Å². The van der Waals surface area contributed by atoms with Crippen LogP contribution in [0, 0.1) is 0 Å². The van der Waals surface area contributed by atoms with E-state index in [1.54, 1.807) is 0 Å². The van der Waals surface area contributed by atoms with E-state index in [-0.39, 0.29) is 79.9 Å². The highest BCUT2D eigenvalue weighted by Crippen LogP contribution is 2.42. The van der Waals surface area contributed by atoms with Crippen molar-refractivity contribution in [3.63, 3.8) is 0 Å². The number of hydrazine groups is 2. The van der Waals surface area contributed by atoms with E-state index in [0.717, 1.165) is 23.5 Å². The van der Waals surface area contributed by atoms with Gasteiger partial charge in [0.25, 0.3) is 23.6 Å². The third-order valence-electron chi connectivity index (χ3n) is 6.37. The fourth-order valence-electron chi connectivity index (χ4n) is 4.00. The quantitative estimate of drug-likeness (QED) is 0.120. The number of nitrogens with zero attached hydrogens (tertiary/aromatic N) is 2. The number of carbonyl (C=O) groups excluding carboxylic acids is 6. The van der Waals surface area contributed by atoms with Crippen molar-refractivity contribution in [1.29, 1.82) is 0 Å². The molecule has 0 radical (unpaired) electrons. The van der Waals surface area contributed by atoms with Crippen LogP contribution in [0.4, 0.5) is 0 Å². The zero-order valence-electron chi connectivity index (χ0n) is 23.7. The summed E-state index contributed by atoms with van der Waals surface area (Å²) < 4.78 is 0.440. The first-order valence-corrected chi connectivity index (χ1v) is 16.0. The van der Waals surface area contributed by atoms with E-state index in [0.29, 0.717) is 0 Å². The largest absolute Gasteiger partial charge is 0.508 e. The SMILES string of the molecule is O=C(CCCN1C(=O)/C(=C2\SC(=S)N(CCCC(=O)NNC(=O)c3ccc(O)cc3)C2=O)SC1=S)NNC(=O)c1ccc(O)cc1. The summed E-state index contributed by atoms with van der Waals surface area (Å²) in [6.07, 6.45) is 0.384. The van der Waals surface area contributed by atoms with Crippen molar-refractivity contribution in [3.05, 3.63) is 69.5 Å². The van der Waals surface area contributed by atoms with Crippen molar-refractivity contribution in [2.24, 2.45) is 0 Å². The summed E-state index contributed by atoms with van der Waals surface area (Å²) in [6.45, 7) is 0.207. The molecule has 2 aliphatic heterocycles. The van der Waals surface area contributed by atoms with Gasteiger partial charge in [-0.3, -0.25) is 60.3 Å². The van der Waals surface area contributed by atoms with Gasteiger partial charge in [0.2, 0.25) is 11.8 Å². The number of hydrogen-bond donors (Lipinski definition) is 6. The van der Waals surface area contributed by atoms with Crippen LogP contribution in [0.1, 0.15) is 46.4 Å². The Morgan fingerprint density at radius 1 is 0.609 bits per heavy atom. The van der Waals surface area contributed by atoms with Gasteiger partial charge in [-0.25, -0.2) is 0 Å². The van der Waals surface area contributed by atoms with Gasteiger partial charge in [-0.15, -0.1) is 0 Å². The maximum absolute atomic E-state index is 13.1. The topological polar surface area (TPSA) is 197 Å². The van der Waals surface area contributed by atoms with E-state index in [1.807, 2.05) is 0 Å². The van der Waals surface area contributed by atoms with Gasteiger partial charge in [-0.1, -0.05) is 48.0 Å². The molecule has 2 aliphatic rings. The van der Waals surface area contributed by atoms with Crippen LogP contribution >= 0.6 is 48.0 Å². The molecule has 0 aromatic heterocycles. The molecular weight excluding hydrogens is 677 g/mol. The van der Waals surface area contributed by atoms with E-state index in [2.05, 4.69) is 21.7 Å². The molecule has 2 aromatic rings. The van der Waals surface area contributed by atoms with Crippen LogP contribution in [0.5, 0.6) is 11.5 Å². The number of rotatable bonds is 10. The van der Waals surface area contributed by atoms with Gasteiger partial charge < -0.3 is 10.2 Å². The minimum absolute atomic E-state index is 0.00197. The second kappa shape index (κ2) is 15.7. The number of thioether (sulfide) groups is 2. The summed E-state index contributed by atoms with van der Waals surface area (Å²) in [4.78, 5) is 77.7. The third-order valence-corrected chi connectivity index (χ3v) is 9.39. The number of thiocarbonyl (C=S) groups is 2. The number of nitrogens with one attached hydrogen (secondary N) is 4. The molecule has 14 nitrogen and oxygen atoms in total. The van der Waals surface area contributed by atoms with Crippen molar-refractivity contribution in [2.75, 3.05) is 13.1 Å². The number of carbonyl (C=O) groups is 6.